The fraction of sp³-hybridized carbons (Fsp3) is 0.560. The van der Waals surface area contributed by atoms with Crippen LogP contribution in [0, 0.1) is 35.1 Å². The molecule has 1 aliphatic carbocycles. The Labute approximate surface area is 221 Å². The first kappa shape index (κ1) is 29.8. The predicted molar refractivity (Wildman–Crippen MR) is 127 cm³/mol. The topological polar surface area (TPSA) is 143 Å². The Morgan fingerprint density at radius 2 is 1.62 bits per heavy atom. The van der Waals surface area contributed by atoms with Gasteiger partial charge in [0, 0.05) is 24.6 Å². The molecular formula is C25H30F4N4O6. The fourth-order valence-corrected chi connectivity index (χ4v) is 4.02. The minimum Gasteiger partial charge on any atom is -0.479 e. The minimum absolute atomic E-state index is 0.0187. The van der Waals surface area contributed by atoms with Crippen molar-refractivity contribution in [3.8, 4) is 5.75 Å². The number of carbonyl (C=O) groups excluding carboxylic acids is 5. The van der Waals surface area contributed by atoms with Gasteiger partial charge in [-0.25, -0.2) is 8.78 Å². The Balaban J connectivity index is 1.74. The third-order valence-electron chi connectivity index (χ3n) is 6.27. The van der Waals surface area contributed by atoms with E-state index in [-0.39, 0.29) is 36.8 Å². The quantitative estimate of drug-likeness (QED) is 0.171. The molecule has 14 heteroatoms. The van der Waals surface area contributed by atoms with Crippen LogP contribution in [0.5, 0.6) is 5.75 Å². The van der Waals surface area contributed by atoms with Crippen LogP contribution in [0.3, 0.4) is 0 Å². The summed E-state index contributed by atoms with van der Waals surface area (Å²) in [6.07, 6.45) is 1.70. The average molecular weight is 559 g/mol. The molecule has 0 unspecified atom stereocenters. The number of nitrogens with one attached hydrogen (secondary N) is 4. The highest BCUT2D eigenvalue weighted by Crippen LogP contribution is 2.27. The summed E-state index contributed by atoms with van der Waals surface area (Å²) in [6.45, 7) is 2.76. The van der Waals surface area contributed by atoms with E-state index in [0.717, 1.165) is 12.8 Å². The molecule has 0 spiro atoms. The van der Waals surface area contributed by atoms with E-state index in [4.69, 9.17) is 4.74 Å². The van der Waals surface area contributed by atoms with Crippen LogP contribution in [-0.2, 0) is 24.0 Å². The first-order chi connectivity index (χ1) is 18.4. The van der Waals surface area contributed by atoms with Gasteiger partial charge < -0.3 is 26.0 Å². The van der Waals surface area contributed by atoms with Gasteiger partial charge in [0.15, 0.2) is 23.2 Å². The summed E-state index contributed by atoms with van der Waals surface area (Å²) in [5, 5.41) is 9.85. The Morgan fingerprint density at radius 1 is 0.974 bits per heavy atom. The second kappa shape index (κ2) is 12.9. The molecule has 0 aromatic heterocycles. The lowest BCUT2D eigenvalue weighted by atomic mass is 9.95. The summed E-state index contributed by atoms with van der Waals surface area (Å²) >= 11 is 0. The van der Waals surface area contributed by atoms with Crippen LogP contribution in [0.15, 0.2) is 6.07 Å². The number of hydrogen-bond donors (Lipinski definition) is 4. The van der Waals surface area contributed by atoms with Crippen molar-refractivity contribution in [1.29, 1.82) is 0 Å². The normalized spacial score (nSPS) is 18.2. The van der Waals surface area contributed by atoms with Gasteiger partial charge in [0.1, 0.15) is 12.6 Å². The van der Waals surface area contributed by atoms with Gasteiger partial charge in [0.2, 0.25) is 23.4 Å². The molecular weight excluding hydrogens is 528 g/mol. The summed E-state index contributed by atoms with van der Waals surface area (Å²) in [6, 6.07) is -2.78. The van der Waals surface area contributed by atoms with E-state index in [1.165, 1.54) is 0 Å². The molecule has 1 heterocycles. The molecule has 4 amide bonds. The van der Waals surface area contributed by atoms with Crippen LogP contribution in [0.4, 0.5) is 17.6 Å². The van der Waals surface area contributed by atoms with E-state index >= 15 is 0 Å². The lowest BCUT2D eigenvalue weighted by Crippen LogP contribution is -2.55. The van der Waals surface area contributed by atoms with Gasteiger partial charge in [-0.15, -0.1) is 0 Å². The van der Waals surface area contributed by atoms with Crippen LogP contribution in [-0.4, -0.2) is 60.7 Å². The highest BCUT2D eigenvalue weighted by Gasteiger charge is 2.35. The Kier molecular flexibility index (Phi) is 9.86. The molecule has 39 heavy (non-hydrogen) atoms. The Bertz CT molecular complexity index is 1120. The maximum atomic E-state index is 14.0. The van der Waals surface area contributed by atoms with Crippen molar-refractivity contribution in [3.63, 3.8) is 0 Å². The second-order valence-electron chi connectivity index (χ2n) is 10.0. The van der Waals surface area contributed by atoms with E-state index < -0.39 is 77.1 Å². The molecule has 2 fully saturated rings. The molecule has 2 aliphatic rings. The first-order valence-corrected chi connectivity index (χ1v) is 12.5. The summed E-state index contributed by atoms with van der Waals surface area (Å²) in [5.74, 6) is -13.5. The Morgan fingerprint density at radius 3 is 2.15 bits per heavy atom. The molecule has 1 aliphatic heterocycles. The molecule has 1 aromatic carbocycles. The van der Waals surface area contributed by atoms with Gasteiger partial charge in [-0.05, 0) is 38.0 Å². The summed E-state index contributed by atoms with van der Waals surface area (Å²) in [5.41, 5.74) is 0. The van der Waals surface area contributed by atoms with E-state index in [9.17, 15) is 41.5 Å². The van der Waals surface area contributed by atoms with Crippen LogP contribution >= 0.6 is 0 Å². The summed E-state index contributed by atoms with van der Waals surface area (Å²) in [7, 11) is 0. The molecule has 1 saturated heterocycles. The van der Waals surface area contributed by atoms with Crippen LogP contribution in [0.1, 0.15) is 46.0 Å². The summed E-state index contributed by atoms with van der Waals surface area (Å²) < 4.78 is 59.7. The molecule has 214 valence electrons. The van der Waals surface area contributed by atoms with E-state index in [0.29, 0.717) is 13.0 Å². The van der Waals surface area contributed by atoms with E-state index in [1.54, 1.807) is 13.8 Å². The van der Waals surface area contributed by atoms with Gasteiger partial charge in [0.25, 0.3) is 0 Å². The van der Waals surface area contributed by atoms with Gasteiger partial charge in [0.05, 0.1) is 6.04 Å². The van der Waals surface area contributed by atoms with E-state index in [2.05, 4.69) is 21.3 Å². The molecule has 10 nitrogen and oxygen atoms in total. The van der Waals surface area contributed by atoms with Crippen molar-refractivity contribution in [2.24, 2.45) is 11.8 Å². The van der Waals surface area contributed by atoms with Crippen molar-refractivity contribution in [2.75, 3.05) is 13.2 Å². The number of amides is 4. The highest BCUT2D eigenvalue weighted by molar-refractivity contribution is 6.35. The zero-order chi connectivity index (χ0) is 28.9. The fourth-order valence-electron chi connectivity index (χ4n) is 4.02. The number of halogens is 4. The summed E-state index contributed by atoms with van der Waals surface area (Å²) in [4.78, 5) is 62.7. The zero-order valence-corrected chi connectivity index (χ0v) is 21.4. The molecule has 3 atom stereocenters. The van der Waals surface area contributed by atoms with Crippen molar-refractivity contribution in [2.45, 2.75) is 64.1 Å². The molecule has 3 rings (SSSR count). The molecule has 0 radical (unpaired) electrons. The lowest BCUT2D eigenvalue weighted by Gasteiger charge is -2.25. The third kappa shape index (κ3) is 8.14. The lowest BCUT2D eigenvalue weighted by molar-refractivity contribution is -0.141. The monoisotopic (exact) mass is 558 g/mol. The molecule has 0 bridgehead atoms. The van der Waals surface area contributed by atoms with Gasteiger partial charge in [-0.3, -0.25) is 24.0 Å². The standard InChI is InChI=1S/C25H30F4N4O6/c1-11(2)7-17(33-25(38)24(37)31-13-3-4-13)23(36)32-16(8-12-5-6-30-22(12)35)18(34)10-39-21-19(28)14(26)9-15(27)20(21)29/h9,11-13,16-17H,3-8,10H2,1-2H3,(H,30,35)(H,31,37)(H,32,36)(H,33,38)/t12-,16-,17-/m0/s1. The highest BCUT2D eigenvalue weighted by atomic mass is 19.2. The number of ketones is 1. The number of carbonyl (C=O) groups is 5. The maximum Gasteiger partial charge on any atom is 0.309 e. The predicted octanol–water partition coefficient (Wildman–Crippen LogP) is 1.01. The molecule has 1 aromatic rings. The smallest absolute Gasteiger partial charge is 0.309 e. The van der Waals surface area contributed by atoms with Crippen LogP contribution < -0.4 is 26.0 Å². The molecule has 4 N–H and O–H groups in total. The van der Waals surface area contributed by atoms with Crippen molar-refractivity contribution in [3.05, 3.63) is 29.3 Å². The number of benzene rings is 1. The zero-order valence-electron chi connectivity index (χ0n) is 21.4. The van der Waals surface area contributed by atoms with Crippen molar-refractivity contribution < 1.29 is 46.3 Å². The average Bonchev–Trinajstić information content (AvgIpc) is 3.60. The van der Waals surface area contributed by atoms with Crippen molar-refractivity contribution in [1.82, 2.24) is 21.3 Å². The number of rotatable bonds is 12. The van der Waals surface area contributed by atoms with Gasteiger partial charge in [-0.1, -0.05) is 13.8 Å². The maximum absolute atomic E-state index is 14.0. The van der Waals surface area contributed by atoms with Gasteiger partial charge in [-0.2, -0.15) is 8.78 Å². The molecule has 1 saturated carbocycles. The SMILES string of the molecule is CC(C)C[C@H](NC(=O)C(=O)NC1CC1)C(=O)N[C@@H](C[C@@H]1CCNC1=O)C(=O)COc1c(F)c(F)cc(F)c1F. The number of Topliss-reactive ketones (excluding diaryl/α,β-unsaturated/α-hetero) is 1. The third-order valence-corrected chi connectivity index (χ3v) is 6.27. The van der Waals surface area contributed by atoms with Crippen LogP contribution in [0.2, 0.25) is 0 Å². The van der Waals surface area contributed by atoms with Crippen molar-refractivity contribution >= 4 is 29.4 Å². The number of ether oxygens (including phenoxy) is 1. The van der Waals surface area contributed by atoms with Crippen LogP contribution in [0.25, 0.3) is 0 Å². The largest absolute Gasteiger partial charge is 0.479 e. The minimum atomic E-state index is -1.85. The van der Waals surface area contributed by atoms with Gasteiger partial charge >= 0.3 is 11.8 Å². The second-order valence-corrected chi connectivity index (χ2v) is 10.0. The Hall–Kier alpha value is -3.71. The first-order valence-electron chi connectivity index (χ1n) is 12.5. The number of hydrogen-bond acceptors (Lipinski definition) is 6. The van der Waals surface area contributed by atoms with E-state index in [1.807, 2.05) is 0 Å².